The maximum absolute atomic E-state index is 15.6. The van der Waals surface area contributed by atoms with E-state index in [0.717, 1.165) is 11.8 Å². The number of benzene rings is 3. The van der Waals surface area contributed by atoms with Gasteiger partial charge in [0.1, 0.15) is 5.82 Å². The molecule has 0 fully saturated rings. The van der Waals surface area contributed by atoms with E-state index in [4.69, 9.17) is 4.74 Å². The molecule has 0 aliphatic rings. The van der Waals surface area contributed by atoms with Crippen LogP contribution in [0.1, 0.15) is 71.8 Å². The number of halogens is 1. The van der Waals surface area contributed by atoms with Gasteiger partial charge >= 0.3 is 5.97 Å². The molecule has 2 N–H and O–H groups in total. The van der Waals surface area contributed by atoms with Crippen molar-refractivity contribution < 1.29 is 28.6 Å². The zero-order valence-electron chi connectivity index (χ0n) is 25.9. The highest BCUT2D eigenvalue weighted by atomic mass is 32.2. The number of aryl methyl sites for hydroxylation is 1. The minimum absolute atomic E-state index is 0.0803. The van der Waals surface area contributed by atoms with Gasteiger partial charge in [0.2, 0.25) is 11.0 Å². The first-order chi connectivity index (χ1) is 21.6. The molecule has 45 heavy (non-hydrogen) atoms. The molecule has 0 unspecified atom stereocenters. The fourth-order valence-corrected chi connectivity index (χ4v) is 6.22. The molecule has 3 aromatic carbocycles. The van der Waals surface area contributed by atoms with Gasteiger partial charge in [-0.15, -0.1) is 0 Å². The Labute approximate surface area is 267 Å². The molecule has 0 saturated heterocycles. The van der Waals surface area contributed by atoms with Crippen molar-refractivity contribution in [2.24, 2.45) is 5.92 Å². The second-order valence-electron chi connectivity index (χ2n) is 10.9. The number of nitrogens with one attached hydrogen (secondary N) is 1. The maximum Gasteiger partial charge on any atom is 0.336 e. The summed E-state index contributed by atoms with van der Waals surface area (Å²) in [5, 5.41) is 11.8. The van der Waals surface area contributed by atoms with Crippen LogP contribution in [-0.2, 0) is 24.3 Å². The van der Waals surface area contributed by atoms with Crippen molar-refractivity contribution >= 4 is 28.8 Å². The van der Waals surface area contributed by atoms with Crippen LogP contribution in [-0.4, -0.2) is 43.5 Å². The summed E-state index contributed by atoms with van der Waals surface area (Å²) in [5.74, 6) is -1.68. The van der Waals surface area contributed by atoms with Crippen LogP contribution in [0.15, 0.2) is 72.8 Å². The summed E-state index contributed by atoms with van der Waals surface area (Å²) in [4.78, 5) is 42.8. The number of aromatic nitrogens is 2. The number of carboxylic acid groups (broad SMARTS) is 1. The van der Waals surface area contributed by atoms with Crippen molar-refractivity contribution in [2.75, 3.05) is 6.61 Å². The summed E-state index contributed by atoms with van der Waals surface area (Å²) in [7, 11) is 0. The molecule has 0 aliphatic carbocycles. The van der Waals surface area contributed by atoms with E-state index in [1.807, 2.05) is 33.8 Å². The molecule has 1 aromatic heterocycles. The van der Waals surface area contributed by atoms with E-state index in [0.29, 0.717) is 59.1 Å². The van der Waals surface area contributed by atoms with Crippen molar-refractivity contribution in [3.63, 3.8) is 0 Å². The summed E-state index contributed by atoms with van der Waals surface area (Å²) >= 11 is 1.02. The van der Waals surface area contributed by atoms with Crippen LogP contribution in [0.4, 0.5) is 4.39 Å². The molecule has 8 nitrogen and oxygen atoms in total. The molecular weight excluding hydrogens is 593 g/mol. The first-order valence-electron chi connectivity index (χ1n) is 15.0. The number of hydrogen-bond acceptors (Lipinski definition) is 6. The Morgan fingerprint density at radius 3 is 2.38 bits per heavy atom. The minimum Gasteiger partial charge on any atom is -0.478 e. The van der Waals surface area contributed by atoms with E-state index < -0.39 is 17.0 Å². The van der Waals surface area contributed by atoms with Crippen LogP contribution < -0.4 is 10.1 Å². The number of rotatable bonds is 14. The molecule has 0 radical (unpaired) electrons. The Morgan fingerprint density at radius 2 is 1.73 bits per heavy atom. The highest BCUT2D eigenvalue weighted by molar-refractivity contribution is 8.15. The molecular formula is C35H38FN3O5S. The van der Waals surface area contributed by atoms with Gasteiger partial charge in [-0.2, -0.15) is 4.98 Å². The molecule has 4 rings (SSSR count). The van der Waals surface area contributed by atoms with E-state index in [-0.39, 0.29) is 35.6 Å². The predicted molar refractivity (Wildman–Crippen MR) is 174 cm³/mol. The highest BCUT2D eigenvalue weighted by Gasteiger charge is 2.26. The van der Waals surface area contributed by atoms with Crippen LogP contribution >= 0.6 is 11.8 Å². The van der Waals surface area contributed by atoms with Crippen molar-refractivity contribution in [1.82, 2.24) is 14.9 Å². The SMILES string of the molecule is CCOc1nc(CC)c(CNC(=O)[C@H](CC(C)C)SC(=O)c2ccccc2)n1Cc1ccc(-c2ccccc2C(=O)O)cc1F. The fraction of sp³-hybridized carbons (Fsp3) is 0.314. The topological polar surface area (TPSA) is 111 Å². The number of carbonyl (C=O) groups is 3. The molecule has 0 aliphatic heterocycles. The summed E-state index contributed by atoms with van der Waals surface area (Å²) in [6.07, 6.45) is 1.07. The van der Waals surface area contributed by atoms with Crippen molar-refractivity contribution in [3.8, 4) is 17.1 Å². The number of aromatic carboxylic acids is 1. The number of imidazole rings is 1. The van der Waals surface area contributed by atoms with Crippen LogP contribution in [0.3, 0.4) is 0 Å². The monoisotopic (exact) mass is 631 g/mol. The third kappa shape index (κ3) is 8.39. The predicted octanol–water partition coefficient (Wildman–Crippen LogP) is 7.00. The lowest BCUT2D eigenvalue weighted by Crippen LogP contribution is -2.34. The van der Waals surface area contributed by atoms with Gasteiger partial charge in [-0.3, -0.25) is 14.2 Å². The van der Waals surface area contributed by atoms with Crippen molar-refractivity contribution in [2.45, 2.75) is 58.9 Å². The summed E-state index contributed by atoms with van der Waals surface area (Å²) in [6, 6.07) is 20.3. The molecule has 1 amide bonds. The maximum atomic E-state index is 15.6. The fourth-order valence-electron chi connectivity index (χ4n) is 5.02. The molecule has 0 bridgehead atoms. The molecule has 1 atom stereocenters. The summed E-state index contributed by atoms with van der Waals surface area (Å²) < 4.78 is 23.1. The Kier molecular flexibility index (Phi) is 11.5. The zero-order valence-corrected chi connectivity index (χ0v) is 26.7. The Bertz CT molecular complexity index is 1650. The van der Waals surface area contributed by atoms with Gasteiger partial charge in [0.05, 0.1) is 41.9 Å². The standard InChI is InChI=1S/C35H38FN3O5S/c1-5-29-30(20-37-32(40)31(18-22(3)4)45-34(43)23-12-8-7-9-13-23)39(35(38-29)44-6-2)21-25-17-16-24(19-28(25)36)26-14-10-11-15-27(26)33(41)42/h7-17,19,22,31H,5-6,18,20-21H2,1-4H3,(H,37,40)(H,41,42)/t31-/m0/s1. The first-order valence-corrected chi connectivity index (χ1v) is 15.9. The average molecular weight is 632 g/mol. The Morgan fingerprint density at radius 1 is 1.02 bits per heavy atom. The molecule has 0 saturated carbocycles. The van der Waals surface area contributed by atoms with Gasteiger partial charge in [-0.05, 0) is 48.9 Å². The second kappa shape index (κ2) is 15.5. The molecule has 10 heteroatoms. The van der Waals surface area contributed by atoms with Crippen molar-refractivity contribution in [1.29, 1.82) is 0 Å². The van der Waals surface area contributed by atoms with Crippen molar-refractivity contribution in [3.05, 3.63) is 107 Å². The van der Waals surface area contributed by atoms with Gasteiger partial charge in [0.25, 0.3) is 6.01 Å². The van der Waals surface area contributed by atoms with E-state index in [9.17, 15) is 19.5 Å². The van der Waals surface area contributed by atoms with Crippen LogP contribution in [0.2, 0.25) is 0 Å². The van der Waals surface area contributed by atoms with E-state index in [1.165, 1.54) is 12.1 Å². The summed E-state index contributed by atoms with van der Waals surface area (Å²) in [6.45, 7) is 8.32. The smallest absolute Gasteiger partial charge is 0.336 e. The van der Waals surface area contributed by atoms with Gasteiger partial charge in [-0.1, -0.05) is 93.2 Å². The number of nitrogens with zero attached hydrogens (tertiary/aromatic N) is 2. The normalized spacial score (nSPS) is 11.8. The van der Waals surface area contributed by atoms with Gasteiger partial charge in [-0.25, -0.2) is 9.18 Å². The highest BCUT2D eigenvalue weighted by Crippen LogP contribution is 2.29. The van der Waals surface area contributed by atoms with E-state index >= 15 is 4.39 Å². The quantitative estimate of drug-likeness (QED) is 0.154. The number of amides is 1. The van der Waals surface area contributed by atoms with Gasteiger partial charge in [0, 0.05) is 11.1 Å². The number of thioether (sulfide) groups is 1. The van der Waals surface area contributed by atoms with Gasteiger partial charge in [0.15, 0.2) is 0 Å². The minimum atomic E-state index is -1.09. The lowest BCUT2D eigenvalue weighted by atomic mass is 9.98. The number of ether oxygens (including phenoxy) is 1. The third-order valence-corrected chi connectivity index (χ3v) is 8.39. The van der Waals surface area contributed by atoms with Crippen LogP contribution in [0.25, 0.3) is 11.1 Å². The Hall–Kier alpha value is -4.44. The van der Waals surface area contributed by atoms with Crippen LogP contribution in [0.5, 0.6) is 6.01 Å². The molecule has 1 heterocycles. The van der Waals surface area contributed by atoms with E-state index in [1.54, 1.807) is 59.2 Å². The number of carboxylic acids is 1. The number of carbonyl (C=O) groups excluding carboxylic acids is 2. The molecule has 236 valence electrons. The lowest BCUT2D eigenvalue weighted by Gasteiger charge is -2.19. The molecule has 4 aromatic rings. The average Bonchev–Trinajstić information content (AvgIpc) is 3.36. The lowest BCUT2D eigenvalue weighted by molar-refractivity contribution is -0.121. The summed E-state index contributed by atoms with van der Waals surface area (Å²) in [5.41, 5.74) is 3.23. The largest absolute Gasteiger partial charge is 0.478 e. The first kappa shape index (κ1) is 33.5. The number of hydrogen-bond donors (Lipinski definition) is 2. The Balaban J connectivity index is 1.59. The van der Waals surface area contributed by atoms with Crippen LogP contribution in [0, 0.1) is 11.7 Å². The zero-order chi connectivity index (χ0) is 32.5. The van der Waals surface area contributed by atoms with Gasteiger partial charge < -0.3 is 15.2 Å². The second-order valence-corrected chi connectivity index (χ2v) is 12.1. The van der Waals surface area contributed by atoms with E-state index in [2.05, 4.69) is 10.3 Å². The third-order valence-electron chi connectivity index (χ3n) is 7.25. The molecule has 0 spiro atoms.